The van der Waals surface area contributed by atoms with E-state index >= 15 is 0 Å². The number of nitrogens with zero attached hydrogens (tertiary/aromatic N) is 4. The van der Waals surface area contributed by atoms with Gasteiger partial charge in [0, 0.05) is 24.4 Å². The molecule has 4 rings (SSSR count). The first-order valence-electron chi connectivity index (χ1n) is 11.6. The Morgan fingerprint density at radius 2 is 1.67 bits per heavy atom. The number of aryl methyl sites for hydroxylation is 2. The number of nitrogens with one attached hydrogen (secondary N) is 1. The number of halogens is 7. The highest BCUT2D eigenvalue weighted by molar-refractivity contribution is 6.06. The Kier molecular flexibility index (Phi) is 9.30. The summed E-state index contributed by atoms with van der Waals surface area (Å²) in [7, 11) is 1.52. The minimum atomic E-state index is -5.08. The molecule has 1 amide bonds. The minimum Gasteiger partial charge on any atom is -0.475 e. The van der Waals surface area contributed by atoms with Crippen LogP contribution in [0.4, 0.5) is 36.4 Å². The number of anilines is 1. The van der Waals surface area contributed by atoms with Gasteiger partial charge in [0.25, 0.3) is 5.91 Å². The van der Waals surface area contributed by atoms with E-state index in [-0.39, 0.29) is 29.7 Å². The number of rotatable bonds is 5. The summed E-state index contributed by atoms with van der Waals surface area (Å²) in [5, 5.41) is 23.3. The number of aliphatic carboxylic acids is 1. The number of aliphatic hydroxyl groups is 1. The van der Waals surface area contributed by atoms with Gasteiger partial charge in [-0.05, 0) is 30.7 Å². The molecule has 0 bridgehead atoms. The van der Waals surface area contributed by atoms with Gasteiger partial charge in [0.2, 0.25) is 0 Å². The smallest absolute Gasteiger partial charge is 0.475 e. The Balaban J connectivity index is 0.000000616. The number of carboxylic acids is 1. The standard InChI is InChI=1S/C24H19F4N5O2.C2HF3O2/c1-13-29-11-21(22(30-13)15-6-4-3-5-14(15)12-34)31-23(35)17-9-16(20-7-8-33(2)32-20)18(10-19(17)25)24(26,27)28;3-2(4,5)1(6)7/h3-11,34H,12H2,1-2H3,(H,31,35);(H,6,7). The number of aliphatic hydroxyl groups excluding tert-OH is 1. The van der Waals surface area contributed by atoms with E-state index < -0.39 is 46.7 Å². The van der Waals surface area contributed by atoms with Crippen molar-refractivity contribution in [2.45, 2.75) is 25.9 Å². The molecule has 2 heterocycles. The number of aromatic nitrogens is 4. The number of carbonyl (C=O) groups is 2. The third-order valence-corrected chi connectivity index (χ3v) is 5.49. The van der Waals surface area contributed by atoms with E-state index in [9.17, 15) is 40.6 Å². The third-order valence-electron chi connectivity index (χ3n) is 5.49. The van der Waals surface area contributed by atoms with Crippen molar-refractivity contribution in [3.8, 4) is 22.5 Å². The number of carboxylic acid groups (broad SMARTS) is 1. The Labute approximate surface area is 232 Å². The molecule has 16 heteroatoms. The van der Waals surface area contributed by atoms with Crippen molar-refractivity contribution in [2.75, 3.05) is 5.32 Å². The van der Waals surface area contributed by atoms with E-state index in [1.165, 1.54) is 30.2 Å². The van der Waals surface area contributed by atoms with Crippen molar-refractivity contribution < 1.29 is 50.5 Å². The van der Waals surface area contributed by atoms with E-state index in [1.807, 2.05) is 0 Å². The summed E-state index contributed by atoms with van der Waals surface area (Å²) in [6.45, 7) is 1.33. The van der Waals surface area contributed by atoms with E-state index in [1.54, 1.807) is 31.2 Å². The predicted octanol–water partition coefficient (Wildman–Crippen LogP) is 5.39. The van der Waals surface area contributed by atoms with Crippen molar-refractivity contribution in [1.29, 1.82) is 0 Å². The first kappa shape index (κ1) is 31.7. The second kappa shape index (κ2) is 12.3. The van der Waals surface area contributed by atoms with Crippen LogP contribution in [0.5, 0.6) is 0 Å². The highest BCUT2D eigenvalue weighted by Crippen LogP contribution is 2.38. The maximum absolute atomic E-state index is 14.8. The molecule has 0 aliphatic carbocycles. The van der Waals surface area contributed by atoms with E-state index in [2.05, 4.69) is 20.4 Å². The fourth-order valence-corrected chi connectivity index (χ4v) is 3.60. The first-order valence-corrected chi connectivity index (χ1v) is 11.6. The molecular weight excluding hydrogens is 579 g/mol. The van der Waals surface area contributed by atoms with Gasteiger partial charge in [-0.15, -0.1) is 0 Å². The maximum atomic E-state index is 14.8. The SMILES string of the molecule is Cc1ncc(NC(=O)c2cc(-c3ccn(C)n3)c(C(F)(F)F)cc2F)c(-c2ccccc2CO)n1.O=C(O)C(F)(F)F. The van der Waals surface area contributed by atoms with Crippen LogP contribution in [0.3, 0.4) is 0 Å². The van der Waals surface area contributed by atoms with Gasteiger partial charge < -0.3 is 15.5 Å². The zero-order chi connectivity index (χ0) is 31.4. The van der Waals surface area contributed by atoms with Crippen molar-refractivity contribution in [2.24, 2.45) is 7.05 Å². The number of amides is 1. The van der Waals surface area contributed by atoms with Gasteiger partial charge in [-0.25, -0.2) is 19.2 Å². The number of hydrogen-bond donors (Lipinski definition) is 3. The highest BCUT2D eigenvalue weighted by atomic mass is 19.4. The van der Waals surface area contributed by atoms with Crippen LogP contribution in [0.2, 0.25) is 0 Å². The van der Waals surface area contributed by atoms with E-state index in [0.717, 1.165) is 6.07 Å². The number of carbonyl (C=O) groups excluding carboxylic acids is 1. The molecule has 2 aromatic carbocycles. The lowest BCUT2D eigenvalue weighted by molar-refractivity contribution is -0.192. The van der Waals surface area contributed by atoms with Crippen molar-refractivity contribution in [3.63, 3.8) is 0 Å². The van der Waals surface area contributed by atoms with E-state index in [0.29, 0.717) is 17.0 Å². The lowest BCUT2D eigenvalue weighted by Crippen LogP contribution is -2.21. The molecular formula is C26H20F7N5O4. The van der Waals surface area contributed by atoms with Crippen molar-refractivity contribution in [1.82, 2.24) is 19.7 Å². The second-order valence-corrected chi connectivity index (χ2v) is 8.50. The molecule has 0 aliphatic rings. The fraction of sp³-hybridized carbons (Fsp3) is 0.192. The van der Waals surface area contributed by atoms with Crippen LogP contribution in [-0.4, -0.2) is 48.0 Å². The van der Waals surface area contributed by atoms with Crippen LogP contribution in [0.1, 0.15) is 27.3 Å². The quantitative estimate of drug-likeness (QED) is 0.263. The van der Waals surface area contributed by atoms with Gasteiger partial charge in [-0.2, -0.15) is 31.4 Å². The van der Waals surface area contributed by atoms with Gasteiger partial charge in [0.05, 0.1) is 41.0 Å². The third kappa shape index (κ3) is 7.45. The molecule has 0 atom stereocenters. The molecule has 222 valence electrons. The zero-order valence-corrected chi connectivity index (χ0v) is 21.5. The lowest BCUT2D eigenvalue weighted by atomic mass is 9.99. The fourth-order valence-electron chi connectivity index (χ4n) is 3.60. The minimum absolute atomic E-state index is 0.0647. The van der Waals surface area contributed by atoms with Crippen molar-refractivity contribution >= 4 is 17.6 Å². The van der Waals surface area contributed by atoms with Crippen LogP contribution in [0.25, 0.3) is 22.5 Å². The second-order valence-electron chi connectivity index (χ2n) is 8.50. The van der Waals surface area contributed by atoms with Gasteiger partial charge in [-0.3, -0.25) is 9.48 Å². The summed E-state index contributed by atoms with van der Waals surface area (Å²) in [5.41, 5.74) is -0.951. The molecule has 9 nitrogen and oxygen atoms in total. The Morgan fingerprint density at radius 1 is 1.02 bits per heavy atom. The molecule has 0 saturated heterocycles. The van der Waals surface area contributed by atoms with Crippen LogP contribution in [-0.2, 0) is 24.6 Å². The zero-order valence-electron chi connectivity index (χ0n) is 21.5. The van der Waals surface area contributed by atoms with Crippen LogP contribution >= 0.6 is 0 Å². The average Bonchev–Trinajstić information content (AvgIpc) is 3.34. The van der Waals surface area contributed by atoms with Crippen LogP contribution < -0.4 is 5.32 Å². The summed E-state index contributed by atoms with van der Waals surface area (Å²) in [6, 6.07) is 9.23. The molecule has 0 aliphatic heterocycles. The Hall–Kier alpha value is -4.86. The van der Waals surface area contributed by atoms with Gasteiger partial charge in [-0.1, -0.05) is 24.3 Å². The average molecular weight is 599 g/mol. The predicted molar refractivity (Wildman–Crippen MR) is 133 cm³/mol. The molecule has 3 N–H and O–H groups in total. The largest absolute Gasteiger partial charge is 0.490 e. The Morgan fingerprint density at radius 3 is 2.21 bits per heavy atom. The molecule has 4 aromatic rings. The van der Waals surface area contributed by atoms with Gasteiger partial charge >= 0.3 is 18.3 Å². The molecule has 0 radical (unpaired) electrons. The number of hydrogen-bond acceptors (Lipinski definition) is 6. The van der Waals surface area contributed by atoms with Crippen molar-refractivity contribution in [3.05, 3.63) is 83.2 Å². The summed E-state index contributed by atoms with van der Waals surface area (Å²) < 4.78 is 88.7. The monoisotopic (exact) mass is 599 g/mol. The molecule has 0 saturated carbocycles. The highest BCUT2D eigenvalue weighted by Gasteiger charge is 2.38. The molecule has 0 unspecified atom stereocenters. The number of benzene rings is 2. The maximum Gasteiger partial charge on any atom is 0.490 e. The summed E-state index contributed by atoms with van der Waals surface area (Å²) in [4.78, 5) is 30.3. The normalized spacial score (nSPS) is 11.5. The first-order chi connectivity index (χ1) is 19.5. The summed E-state index contributed by atoms with van der Waals surface area (Å²) in [5.74, 6) is -4.72. The lowest BCUT2D eigenvalue weighted by Gasteiger charge is -2.16. The molecule has 42 heavy (non-hydrogen) atoms. The topological polar surface area (TPSA) is 130 Å². The summed E-state index contributed by atoms with van der Waals surface area (Å²) in [6.07, 6.45) is -7.20. The molecule has 2 aromatic heterocycles. The Bertz CT molecular complexity index is 1620. The van der Waals surface area contributed by atoms with Gasteiger partial charge in [0.15, 0.2) is 0 Å². The summed E-state index contributed by atoms with van der Waals surface area (Å²) >= 11 is 0. The van der Waals surface area contributed by atoms with Crippen LogP contribution in [0, 0.1) is 12.7 Å². The van der Waals surface area contributed by atoms with E-state index in [4.69, 9.17) is 9.90 Å². The van der Waals surface area contributed by atoms with Gasteiger partial charge in [0.1, 0.15) is 11.6 Å². The molecule has 0 spiro atoms. The molecule has 0 fully saturated rings. The number of alkyl halides is 6. The van der Waals surface area contributed by atoms with Crippen LogP contribution in [0.15, 0.2) is 54.9 Å².